The summed E-state index contributed by atoms with van der Waals surface area (Å²) >= 11 is 0. The van der Waals surface area contributed by atoms with E-state index in [1.807, 2.05) is 0 Å². The number of carbonyl (C=O) groups is 2. The molecule has 19 heavy (non-hydrogen) atoms. The molecule has 0 saturated heterocycles. The van der Waals surface area contributed by atoms with Crippen molar-refractivity contribution in [3.8, 4) is 0 Å². The number of carboxylic acids is 1. The molecule has 0 unspecified atom stereocenters. The number of esters is 1. The Morgan fingerprint density at radius 3 is 2.00 bits per heavy atom. The molecule has 4 bridgehead atoms. The number of hydrogen-bond acceptors (Lipinski definition) is 3. The maximum atomic E-state index is 11.9. The summed E-state index contributed by atoms with van der Waals surface area (Å²) in [7, 11) is 0. The lowest BCUT2D eigenvalue weighted by molar-refractivity contribution is -0.186. The predicted molar refractivity (Wildman–Crippen MR) is 68.5 cm³/mol. The van der Waals surface area contributed by atoms with Gasteiger partial charge in [0.15, 0.2) is 0 Å². The Bertz CT molecular complexity index is 352. The molecule has 0 radical (unpaired) electrons. The highest BCUT2D eigenvalue weighted by atomic mass is 16.6. The third-order valence-corrected chi connectivity index (χ3v) is 5.08. The zero-order chi connectivity index (χ0) is 13.5. The van der Waals surface area contributed by atoms with Crippen LogP contribution in [0.4, 0.5) is 0 Å². The molecule has 0 aromatic carbocycles. The van der Waals surface area contributed by atoms with Crippen molar-refractivity contribution < 1.29 is 19.4 Å². The molecular formula is C15H22O4. The summed E-state index contributed by atoms with van der Waals surface area (Å²) in [6.45, 7) is 0. The first kappa shape index (κ1) is 12.9. The van der Waals surface area contributed by atoms with Crippen molar-refractivity contribution in [2.75, 3.05) is 0 Å². The van der Waals surface area contributed by atoms with Crippen LogP contribution < -0.4 is 0 Å². The van der Waals surface area contributed by atoms with Gasteiger partial charge >= 0.3 is 11.9 Å². The lowest BCUT2D eigenvalue weighted by atomic mass is 9.54. The highest BCUT2D eigenvalue weighted by molar-refractivity contribution is 5.72. The van der Waals surface area contributed by atoms with Gasteiger partial charge in [-0.2, -0.15) is 0 Å². The maximum absolute atomic E-state index is 11.9. The molecule has 0 atom stereocenters. The molecule has 4 nitrogen and oxygen atoms in total. The molecule has 106 valence electrons. The van der Waals surface area contributed by atoms with Crippen molar-refractivity contribution in [1.29, 1.82) is 0 Å². The highest BCUT2D eigenvalue weighted by Gasteiger charge is 2.53. The minimum absolute atomic E-state index is 0.0516. The number of rotatable bonds is 5. The second-order valence-corrected chi connectivity index (χ2v) is 6.82. The molecule has 0 aromatic rings. The van der Waals surface area contributed by atoms with Gasteiger partial charge in [0.05, 0.1) is 0 Å². The monoisotopic (exact) mass is 266 g/mol. The zero-order valence-electron chi connectivity index (χ0n) is 11.3. The molecule has 0 aliphatic heterocycles. The number of carbonyl (C=O) groups excluding carboxylic acids is 1. The fraction of sp³-hybridized carbons (Fsp3) is 0.867. The van der Waals surface area contributed by atoms with Gasteiger partial charge in [0.2, 0.25) is 0 Å². The molecule has 4 aliphatic rings. The second-order valence-electron chi connectivity index (χ2n) is 6.82. The van der Waals surface area contributed by atoms with Gasteiger partial charge in [-0.15, -0.1) is 0 Å². The van der Waals surface area contributed by atoms with E-state index in [1.54, 1.807) is 0 Å². The first-order chi connectivity index (χ1) is 9.05. The molecule has 0 amide bonds. The Labute approximate surface area is 113 Å². The Kier molecular flexibility index (Phi) is 3.27. The average Bonchev–Trinajstić information content (AvgIpc) is 2.25. The molecule has 0 heterocycles. The first-order valence-corrected chi connectivity index (χ1v) is 7.48. The minimum atomic E-state index is -0.845. The Balaban J connectivity index is 1.54. The van der Waals surface area contributed by atoms with Gasteiger partial charge < -0.3 is 9.84 Å². The van der Waals surface area contributed by atoms with Crippen LogP contribution in [0.1, 0.15) is 57.8 Å². The lowest BCUT2D eigenvalue weighted by Crippen LogP contribution is -2.52. The summed E-state index contributed by atoms with van der Waals surface area (Å²) in [6, 6.07) is 0. The van der Waals surface area contributed by atoms with Crippen molar-refractivity contribution >= 4 is 11.9 Å². The second kappa shape index (κ2) is 4.80. The van der Waals surface area contributed by atoms with Crippen LogP contribution in [0.3, 0.4) is 0 Å². The summed E-state index contributed by atoms with van der Waals surface area (Å²) in [4.78, 5) is 22.3. The van der Waals surface area contributed by atoms with E-state index >= 15 is 0 Å². The van der Waals surface area contributed by atoms with E-state index in [0.29, 0.717) is 6.42 Å². The van der Waals surface area contributed by atoms with Gasteiger partial charge in [-0.3, -0.25) is 9.59 Å². The van der Waals surface area contributed by atoms with Gasteiger partial charge in [-0.1, -0.05) is 0 Å². The highest BCUT2D eigenvalue weighted by Crippen LogP contribution is 2.57. The van der Waals surface area contributed by atoms with Gasteiger partial charge in [-0.25, -0.2) is 0 Å². The van der Waals surface area contributed by atoms with Crippen LogP contribution in [-0.2, 0) is 14.3 Å². The van der Waals surface area contributed by atoms with Crippen LogP contribution >= 0.6 is 0 Å². The van der Waals surface area contributed by atoms with Gasteiger partial charge in [0, 0.05) is 12.8 Å². The van der Waals surface area contributed by atoms with Crippen molar-refractivity contribution in [2.45, 2.75) is 63.4 Å². The number of carboxylic acid groups (broad SMARTS) is 1. The molecule has 4 rings (SSSR count). The normalized spacial score (nSPS) is 39.3. The van der Waals surface area contributed by atoms with E-state index in [0.717, 1.165) is 37.0 Å². The largest absolute Gasteiger partial charge is 0.481 e. The van der Waals surface area contributed by atoms with E-state index in [2.05, 4.69) is 0 Å². The van der Waals surface area contributed by atoms with Crippen molar-refractivity contribution in [1.82, 2.24) is 0 Å². The van der Waals surface area contributed by atoms with Gasteiger partial charge in [0.1, 0.15) is 5.60 Å². The summed E-state index contributed by atoms with van der Waals surface area (Å²) in [5.41, 5.74) is -0.185. The molecule has 4 heteroatoms. The minimum Gasteiger partial charge on any atom is -0.481 e. The SMILES string of the molecule is O=C(O)CCCC(=O)OC12CC3CC(CC(C3)C1)C2. The van der Waals surface area contributed by atoms with E-state index in [-0.39, 0.29) is 24.4 Å². The lowest BCUT2D eigenvalue weighted by Gasteiger charge is -2.55. The quantitative estimate of drug-likeness (QED) is 0.777. The smallest absolute Gasteiger partial charge is 0.306 e. The molecule has 4 aliphatic carbocycles. The fourth-order valence-corrected chi connectivity index (χ4v) is 4.83. The van der Waals surface area contributed by atoms with Crippen LogP contribution in [0.25, 0.3) is 0 Å². The summed E-state index contributed by atoms with van der Waals surface area (Å²) in [5, 5.41) is 8.58. The standard InChI is InChI=1S/C15H22O4/c16-13(17)2-1-3-14(18)19-15-7-10-4-11(8-15)6-12(5-10)9-15/h10-12H,1-9H2,(H,16,17). The third-order valence-electron chi connectivity index (χ3n) is 5.08. The van der Waals surface area contributed by atoms with Crippen LogP contribution in [-0.4, -0.2) is 22.6 Å². The summed E-state index contributed by atoms with van der Waals surface area (Å²) < 4.78 is 5.80. The van der Waals surface area contributed by atoms with Crippen molar-refractivity contribution in [3.05, 3.63) is 0 Å². The Hall–Kier alpha value is -1.06. The Morgan fingerprint density at radius 1 is 1.00 bits per heavy atom. The third kappa shape index (κ3) is 2.77. The molecule has 0 aromatic heterocycles. The van der Waals surface area contributed by atoms with E-state index in [4.69, 9.17) is 9.84 Å². The molecule has 0 spiro atoms. The van der Waals surface area contributed by atoms with Crippen molar-refractivity contribution in [3.63, 3.8) is 0 Å². The van der Waals surface area contributed by atoms with E-state index < -0.39 is 5.97 Å². The number of aliphatic carboxylic acids is 1. The summed E-state index contributed by atoms with van der Waals surface area (Å²) in [5.74, 6) is 1.25. The maximum Gasteiger partial charge on any atom is 0.306 e. The molecule has 1 N–H and O–H groups in total. The summed E-state index contributed by atoms with van der Waals surface area (Å²) in [6.07, 6.45) is 7.81. The van der Waals surface area contributed by atoms with Crippen LogP contribution in [0.5, 0.6) is 0 Å². The van der Waals surface area contributed by atoms with Crippen molar-refractivity contribution in [2.24, 2.45) is 17.8 Å². The van der Waals surface area contributed by atoms with E-state index in [9.17, 15) is 9.59 Å². The topological polar surface area (TPSA) is 63.6 Å². The van der Waals surface area contributed by atoms with Crippen LogP contribution in [0.2, 0.25) is 0 Å². The predicted octanol–water partition coefficient (Wildman–Crippen LogP) is 2.75. The van der Waals surface area contributed by atoms with Crippen LogP contribution in [0.15, 0.2) is 0 Å². The fourth-order valence-electron chi connectivity index (χ4n) is 4.83. The van der Waals surface area contributed by atoms with Gasteiger partial charge in [-0.05, 0) is 62.7 Å². The average molecular weight is 266 g/mol. The number of hydrogen-bond donors (Lipinski definition) is 1. The Morgan fingerprint density at radius 2 is 1.53 bits per heavy atom. The number of ether oxygens (including phenoxy) is 1. The van der Waals surface area contributed by atoms with E-state index in [1.165, 1.54) is 19.3 Å². The molecule has 4 fully saturated rings. The van der Waals surface area contributed by atoms with Gasteiger partial charge in [0.25, 0.3) is 0 Å². The first-order valence-electron chi connectivity index (χ1n) is 7.48. The molecule has 4 saturated carbocycles. The van der Waals surface area contributed by atoms with Crippen LogP contribution in [0, 0.1) is 17.8 Å². The zero-order valence-corrected chi connectivity index (χ0v) is 11.3. The molecular weight excluding hydrogens is 244 g/mol.